The number of aromatic amines is 1. The van der Waals surface area contributed by atoms with E-state index < -0.39 is 5.97 Å². The molecule has 2 N–H and O–H groups in total. The van der Waals surface area contributed by atoms with Gasteiger partial charge in [-0.25, -0.2) is 14.8 Å². The van der Waals surface area contributed by atoms with E-state index in [4.69, 9.17) is 21.3 Å². The van der Waals surface area contributed by atoms with E-state index in [1.54, 1.807) is 28.8 Å². The average Bonchev–Trinajstić information content (AvgIpc) is 3.52. The first-order chi connectivity index (χ1) is 17.0. The second kappa shape index (κ2) is 9.75. The van der Waals surface area contributed by atoms with Crippen LogP contribution in [0.2, 0.25) is 5.02 Å². The lowest BCUT2D eigenvalue weighted by molar-refractivity contribution is -0.133. The minimum Gasteiger partial charge on any atom is -0.510 e. The van der Waals surface area contributed by atoms with E-state index in [0.29, 0.717) is 26.6 Å². The molecule has 2 aromatic carbocycles. The van der Waals surface area contributed by atoms with Gasteiger partial charge >= 0.3 is 5.97 Å². The molecule has 8 nitrogen and oxygen atoms in total. The standard InChI is InChI=1S/C25H23ClN4O4S/c1-34-24(33)21(22-27-17-8-4-5-9-18(17)28-22)20(31)13-35-25-29-19-12-14(26)10-11-16(19)23(32)30(25)15-6-2-3-7-15/h4-5,8-12,15,31H,2-3,6-7,13H2,1H3,(H,27,28). The molecule has 1 aliphatic rings. The van der Waals surface area contributed by atoms with Crippen molar-refractivity contribution >= 4 is 56.8 Å². The molecule has 35 heavy (non-hydrogen) atoms. The normalized spacial score (nSPS) is 15.0. The molecular weight excluding hydrogens is 488 g/mol. The average molecular weight is 511 g/mol. The quantitative estimate of drug-likeness (QED) is 0.119. The molecule has 5 rings (SSSR count). The Kier molecular flexibility index (Phi) is 6.53. The number of halogens is 1. The molecule has 2 aromatic heterocycles. The molecule has 0 amide bonds. The summed E-state index contributed by atoms with van der Waals surface area (Å²) in [6, 6.07) is 12.4. The van der Waals surface area contributed by atoms with Crippen molar-refractivity contribution in [2.24, 2.45) is 0 Å². The highest BCUT2D eigenvalue weighted by Crippen LogP contribution is 2.33. The van der Waals surface area contributed by atoms with Crippen LogP contribution in [0.25, 0.3) is 27.5 Å². The number of nitrogens with zero attached hydrogens (tertiary/aromatic N) is 3. The summed E-state index contributed by atoms with van der Waals surface area (Å²) in [6.07, 6.45) is 3.87. The zero-order valence-corrected chi connectivity index (χ0v) is 20.5. The van der Waals surface area contributed by atoms with Crippen LogP contribution in [0, 0.1) is 0 Å². The summed E-state index contributed by atoms with van der Waals surface area (Å²) in [5.74, 6) is -0.734. The Morgan fingerprint density at radius 2 is 1.97 bits per heavy atom. The molecule has 0 aliphatic heterocycles. The van der Waals surface area contributed by atoms with E-state index in [0.717, 1.165) is 31.2 Å². The maximum atomic E-state index is 13.4. The summed E-state index contributed by atoms with van der Waals surface area (Å²) in [5, 5.41) is 12.5. The molecule has 180 valence electrons. The summed E-state index contributed by atoms with van der Waals surface area (Å²) in [4.78, 5) is 38.2. The molecule has 0 unspecified atom stereocenters. The highest BCUT2D eigenvalue weighted by atomic mass is 35.5. The molecule has 0 atom stereocenters. The molecule has 0 bridgehead atoms. The number of H-pyrrole nitrogens is 1. The van der Waals surface area contributed by atoms with E-state index in [1.807, 2.05) is 18.2 Å². The molecule has 1 saturated carbocycles. The molecule has 4 aromatic rings. The van der Waals surface area contributed by atoms with E-state index in [9.17, 15) is 14.7 Å². The number of aromatic nitrogens is 4. The number of imidazole rings is 1. The van der Waals surface area contributed by atoms with Crippen LogP contribution in [0.5, 0.6) is 0 Å². The van der Waals surface area contributed by atoms with Crippen LogP contribution in [0.15, 0.2) is 58.2 Å². The zero-order chi connectivity index (χ0) is 24.5. The Labute approximate surface area is 210 Å². The number of carbonyl (C=O) groups excluding carboxylic acids is 1. The predicted octanol–water partition coefficient (Wildman–Crippen LogP) is 5.28. The van der Waals surface area contributed by atoms with Gasteiger partial charge in [-0.05, 0) is 43.2 Å². The molecule has 0 saturated heterocycles. The third-order valence-corrected chi connectivity index (χ3v) is 7.36. The second-order valence-corrected chi connectivity index (χ2v) is 9.75. The summed E-state index contributed by atoms with van der Waals surface area (Å²) < 4.78 is 6.64. The molecular formula is C25H23ClN4O4S. The van der Waals surface area contributed by atoms with Crippen molar-refractivity contribution in [3.63, 3.8) is 0 Å². The van der Waals surface area contributed by atoms with E-state index in [1.165, 1.54) is 18.9 Å². The van der Waals surface area contributed by atoms with Crippen molar-refractivity contribution in [1.82, 2.24) is 19.5 Å². The van der Waals surface area contributed by atoms with Gasteiger partial charge in [-0.3, -0.25) is 9.36 Å². The van der Waals surface area contributed by atoms with Gasteiger partial charge in [-0.1, -0.05) is 48.3 Å². The lowest BCUT2D eigenvalue weighted by Gasteiger charge is -2.18. The number of carbonyl (C=O) groups is 1. The van der Waals surface area contributed by atoms with Crippen LogP contribution in [0.4, 0.5) is 0 Å². The molecule has 1 aliphatic carbocycles. The fourth-order valence-corrected chi connectivity index (χ4v) is 5.58. The van der Waals surface area contributed by atoms with Crippen LogP contribution < -0.4 is 5.56 Å². The largest absolute Gasteiger partial charge is 0.510 e. The van der Waals surface area contributed by atoms with Crippen LogP contribution in [-0.2, 0) is 9.53 Å². The third-order valence-electron chi connectivity index (χ3n) is 6.16. The van der Waals surface area contributed by atoms with Gasteiger partial charge in [0.2, 0.25) is 0 Å². The first-order valence-corrected chi connectivity index (χ1v) is 12.6. The van der Waals surface area contributed by atoms with Gasteiger partial charge in [0, 0.05) is 11.1 Å². The highest BCUT2D eigenvalue weighted by Gasteiger charge is 2.25. The van der Waals surface area contributed by atoms with Gasteiger partial charge < -0.3 is 14.8 Å². The lowest BCUT2D eigenvalue weighted by atomic mass is 10.2. The van der Waals surface area contributed by atoms with Crippen molar-refractivity contribution in [3.05, 3.63) is 69.4 Å². The van der Waals surface area contributed by atoms with Crippen LogP contribution in [0.1, 0.15) is 37.5 Å². The smallest absolute Gasteiger partial charge is 0.345 e. The van der Waals surface area contributed by atoms with Gasteiger partial charge in [-0.2, -0.15) is 0 Å². The van der Waals surface area contributed by atoms with Gasteiger partial charge in [0.15, 0.2) is 5.16 Å². The first-order valence-electron chi connectivity index (χ1n) is 11.3. The van der Waals surface area contributed by atoms with Crippen LogP contribution in [-0.4, -0.2) is 43.5 Å². The monoisotopic (exact) mass is 510 g/mol. The molecule has 0 spiro atoms. The summed E-state index contributed by atoms with van der Waals surface area (Å²) in [7, 11) is 1.25. The number of thioether (sulfide) groups is 1. The van der Waals surface area contributed by atoms with Crippen molar-refractivity contribution in [1.29, 1.82) is 0 Å². The van der Waals surface area contributed by atoms with Crippen molar-refractivity contribution in [2.45, 2.75) is 36.9 Å². The number of aliphatic hydroxyl groups is 1. The molecule has 2 heterocycles. The van der Waals surface area contributed by atoms with E-state index in [-0.39, 0.29) is 34.5 Å². The highest BCUT2D eigenvalue weighted by molar-refractivity contribution is 7.99. The van der Waals surface area contributed by atoms with Gasteiger partial charge in [0.1, 0.15) is 17.2 Å². The van der Waals surface area contributed by atoms with E-state index >= 15 is 0 Å². The number of ether oxygens (including phenoxy) is 1. The third kappa shape index (κ3) is 4.53. The van der Waals surface area contributed by atoms with Crippen molar-refractivity contribution in [3.8, 4) is 0 Å². The minimum atomic E-state index is -0.714. The number of hydrogen-bond acceptors (Lipinski definition) is 7. The van der Waals surface area contributed by atoms with Crippen LogP contribution >= 0.6 is 23.4 Å². The Morgan fingerprint density at radius 3 is 2.71 bits per heavy atom. The Hall–Kier alpha value is -3.30. The fraction of sp³-hybridized carbons (Fsp3) is 0.280. The molecule has 1 fully saturated rings. The number of benzene rings is 2. The lowest BCUT2D eigenvalue weighted by Crippen LogP contribution is -2.26. The Balaban J connectivity index is 1.56. The minimum absolute atomic E-state index is 0.00723. The number of methoxy groups -OCH3 is 1. The van der Waals surface area contributed by atoms with Crippen molar-refractivity contribution in [2.75, 3.05) is 12.9 Å². The number of esters is 1. The topological polar surface area (TPSA) is 110 Å². The number of rotatable bonds is 6. The number of fused-ring (bicyclic) bond motifs is 2. The van der Waals surface area contributed by atoms with E-state index in [2.05, 4.69) is 9.97 Å². The predicted molar refractivity (Wildman–Crippen MR) is 137 cm³/mol. The van der Waals surface area contributed by atoms with Gasteiger partial charge in [0.05, 0.1) is 34.8 Å². The number of para-hydroxylation sites is 2. The van der Waals surface area contributed by atoms with Gasteiger partial charge in [-0.15, -0.1) is 0 Å². The summed E-state index contributed by atoms with van der Waals surface area (Å²) in [6.45, 7) is 0. The summed E-state index contributed by atoms with van der Waals surface area (Å²) in [5.41, 5.74) is 1.69. The maximum absolute atomic E-state index is 13.4. The van der Waals surface area contributed by atoms with Crippen molar-refractivity contribution < 1.29 is 14.6 Å². The Morgan fingerprint density at radius 1 is 1.20 bits per heavy atom. The fourth-order valence-electron chi connectivity index (χ4n) is 4.47. The zero-order valence-electron chi connectivity index (χ0n) is 19.0. The Bertz CT molecular complexity index is 1490. The maximum Gasteiger partial charge on any atom is 0.345 e. The number of aliphatic hydroxyl groups excluding tert-OH is 1. The molecule has 10 heteroatoms. The summed E-state index contributed by atoms with van der Waals surface area (Å²) >= 11 is 7.33. The number of hydrogen-bond donors (Lipinski definition) is 2. The number of nitrogens with one attached hydrogen (secondary N) is 1. The SMILES string of the molecule is COC(=O)C(=C(O)CSc1nc2cc(Cl)ccc2c(=O)n1C1CCCC1)c1nc2ccccc2[nH]1. The molecule has 0 radical (unpaired) electrons. The second-order valence-electron chi connectivity index (χ2n) is 8.37. The first kappa shape index (κ1) is 23.4. The van der Waals surface area contributed by atoms with Gasteiger partial charge in [0.25, 0.3) is 5.56 Å². The van der Waals surface area contributed by atoms with Crippen LogP contribution in [0.3, 0.4) is 0 Å².